The van der Waals surface area contributed by atoms with E-state index in [-0.39, 0.29) is 5.91 Å². The molecule has 0 aliphatic carbocycles. The highest BCUT2D eigenvalue weighted by Crippen LogP contribution is 2.32. The maximum atomic E-state index is 12.9. The summed E-state index contributed by atoms with van der Waals surface area (Å²) in [7, 11) is 1.31. The zero-order chi connectivity index (χ0) is 17.1. The van der Waals surface area contributed by atoms with Crippen LogP contribution in [0.15, 0.2) is 48.5 Å². The highest BCUT2D eigenvalue weighted by atomic mass is 35.5. The average molecular weight is 345 g/mol. The molecule has 1 aliphatic rings. The zero-order valence-corrected chi connectivity index (χ0v) is 13.9. The molecule has 124 valence electrons. The predicted octanol–water partition coefficient (Wildman–Crippen LogP) is 3.64. The van der Waals surface area contributed by atoms with E-state index in [1.807, 2.05) is 24.3 Å². The van der Waals surface area contributed by atoms with Crippen molar-refractivity contribution in [3.05, 3.63) is 64.7 Å². The first-order valence-corrected chi connectivity index (χ1v) is 7.97. The van der Waals surface area contributed by atoms with Crippen molar-refractivity contribution < 1.29 is 14.3 Å². The summed E-state index contributed by atoms with van der Waals surface area (Å²) in [5.41, 5.74) is 2.37. The Morgan fingerprint density at radius 1 is 1.17 bits per heavy atom. The van der Waals surface area contributed by atoms with Gasteiger partial charge in [0.25, 0.3) is 5.91 Å². The van der Waals surface area contributed by atoms with Crippen LogP contribution in [0.4, 0.5) is 10.5 Å². The molecule has 24 heavy (non-hydrogen) atoms. The fourth-order valence-electron chi connectivity index (χ4n) is 2.93. The predicted molar refractivity (Wildman–Crippen MR) is 92.1 cm³/mol. The minimum atomic E-state index is -0.751. The van der Waals surface area contributed by atoms with Crippen LogP contribution in [0.25, 0.3) is 0 Å². The molecule has 0 bridgehead atoms. The number of ether oxygens (including phenoxy) is 1. The summed E-state index contributed by atoms with van der Waals surface area (Å²) >= 11 is 6.11. The van der Waals surface area contributed by atoms with Gasteiger partial charge in [0.2, 0.25) is 0 Å². The maximum absolute atomic E-state index is 12.9. The largest absolute Gasteiger partial charge is 0.453 e. The van der Waals surface area contributed by atoms with Crippen LogP contribution >= 0.6 is 11.6 Å². The monoisotopic (exact) mass is 344 g/mol. The van der Waals surface area contributed by atoms with Crippen LogP contribution in [0.1, 0.15) is 17.2 Å². The van der Waals surface area contributed by atoms with Crippen molar-refractivity contribution in [2.75, 3.05) is 19.0 Å². The molecule has 3 rings (SSSR count). The summed E-state index contributed by atoms with van der Waals surface area (Å²) in [6, 6.07) is 13.9. The zero-order valence-electron chi connectivity index (χ0n) is 13.2. The van der Waals surface area contributed by atoms with E-state index in [4.69, 9.17) is 16.3 Å². The van der Waals surface area contributed by atoms with Gasteiger partial charge in [-0.25, -0.2) is 4.79 Å². The molecule has 0 spiro atoms. The summed E-state index contributed by atoms with van der Waals surface area (Å²) in [6.45, 7) is 0.421. The van der Waals surface area contributed by atoms with E-state index in [0.717, 1.165) is 11.1 Å². The molecule has 1 aliphatic heterocycles. The maximum Gasteiger partial charge on any atom is 0.410 e. The van der Waals surface area contributed by atoms with Crippen LogP contribution in [0.5, 0.6) is 0 Å². The Bertz CT molecular complexity index is 778. The fourth-order valence-corrected chi connectivity index (χ4v) is 3.11. The second-order valence-corrected chi connectivity index (χ2v) is 5.89. The fraction of sp³-hybridized carbons (Fsp3) is 0.222. The third kappa shape index (κ3) is 3.08. The molecule has 1 heterocycles. The van der Waals surface area contributed by atoms with Crippen molar-refractivity contribution in [3.8, 4) is 0 Å². The van der Waals surface area contributed by atoms with Gasteiger partial charge in [-0.1, -0.05) is 48.0 Å². The van der Waals surface area contributed by atoms with Crippen molar-refractivity contribution in [3.63, 3.8) is 0 Å². The molecular formula is C18H17ClN2O3. The minimum absolute atomic E-state index is 0.319. The number of rotatable bonds is 2. The summed E-state index contributed by atoms with van der Waals surface area (Å²) in [4.78, 5) is 26.4. The highest BCUT2D eigenvalue weighted by molar-refractivity contribution is 6.33. The first-order valence-electron chi connectivity index (χ1n) is 7.59. The van der Waals surface area contributed by atoms with Crippen LogP contribution in [-0.2, 0) is 16.0 Å². The number of fused-ring (bicyclic) bond motifs is 1. The molecule has 1 atom stereocenters. The lowest BCUT2D eigenvalue weighted by molar-refractivity contribution is -0.121. The van der Waals surface area contributed by atoms with Gasteiger partial charge in [0.15, 0.2) is 0 Å². The number of hydrogen-bond donors (Lipinski definition) is 1. The summed E-state index contributed by atoms with van der Waals surface area (Å²) in [5, 5.41) is 3.25. The van der Waals surface area contributed by atoms with Crippen molar-refractivity contribution >= 4 is 29.3 Å². The van der Waals surface area contributed by atoms with Crippen LogP contribution in [0.2, 0.25) is 5.02 Å². The van der Waals surface area contributed by atoms with Crippen LogP contribution in [0, 0.1) is 0 Å². The number of halogens is 1. The molecule has 2 amide bonds. The molecule has 5 nitrogen and oxygen atoms in total. The molecule has 0 aromatic heterocycles. The lowest BCUT2D eigenvalue weighted by Crippen LogP contribution is -2.45. The number of para-hydroxylation sites is 1. The molecule has 2 aromatic rings. The van der Waals surface area contributed by atoms with Crippen molar-refractivity contribution in [1.29, 1.82) is 0 Å². The van der Waals surface area contributed by atoms with E-state index in [2.05, 4.69) is 5.32 Å². The molecule has 1 unspecified atom stereocenters. The van der Waals surface area contributed by atoms with E-state index in [1.54, 1.807) is 24.3 Å². The summed E-state index contributed by atoms with van der Waals surface area (Å²) < 4.78 is 4.84. The molecule has 6 heteroatoms. The van der Waals surface area contributed by atoms with E-state index in [9.17, 15) is 9.59 Å². The van der Waals surface area contributed by atoms with Gasteiger partial charge in [-0.15, -0.1) is 0 Å². The van der Waals surface area contributed by atoms with Crippen LogP contribution < -0.4 is 5.32 Å². The normalized spacial score (nSPS) is 16.2. The van der Waals surface area contributed by atoms with Crippen molar-refractivity contribution in [2.45, 2.75) is 12.5 Å². The van der Waals surface area contributed by atoms with Gasteiger partial charge in [-0.2, -0.15) is 0 Å². The quantitative estimate of drug-likeness (QED) is 0.904. The summed E-state index contributed by atoms with van der Waals surface area (Å²) in [6.07, 6.45) is 0.157. The Morgan fingerprint density at radius 3 is 2.62 bits per heavy atom. The second kappa shape index (κ2) is 6.93. The molecule has 0 radical (unpaired) electrons. The van der Waals surface area contributed by atoms with E-state index in [1.165, 1.54) is 12.0 Å². The van der Waals surface area contributed by atoms with Gasteiger partial charge in [-0.05, 0) is 29.7 Å². The van der Waals surface area contributed by atoms with Gasteiger partial charge in [-0.3, -0.25) is 9.69 Å². The number of carbonyl (C=O) groups excluding carboxylic acids is 2. The lowest BCUT2D eigenvalue weighted by atomic mass is 9.92. The molecule has 0 saturated carbocycles. The Morgan fingerprint density at radius 2 is 1.88 bits per heavy atom. The molecule has 2 aromatic carbocycles. The topological polar surface area (TPSA) is 58.6 Å². The number of hydrogen-bond acceptors (Lipinski definition) is 3. The van der Waals surface area contributed by atoms with Crippen LogP contribution in [-0.4, -0.2) is 30.6 Å². The third-order valence-corrected chi connectivity index (χ3v) is 4.40. The number of nitrogens with one attached hydrogen (secondary N) is 1. The number of amides is 2. The first kappa shape index (κ1) is 16.3. The van der Waals surface area contributed by atoms with E-state index in [0.29, 0.717) is 23.7 Å². The Kier molecular flexibility index (Phi) is 4.71. The molecule has 1 N–H and O–H groups in total. The van der Waals surface area contributed by atoms with E-state index >= 15 is 0 Å². The minimum Gasteiger partial charge on any atom is -0.453 e. The standard InChI is InChI=1S/C18H17ClN2O3/c1-24-18(23)21-11-10-12-6-2-3-7-13(12)16(21)17(22)20-15-9-5-4-8-14(15)19/h2-9,16H,10-11H2,1H3,(H,20,22). The highest BCUT2D eigenvalue weighted by Gasteiger charge is 2.36. The van der Waals surface area contributed by atoms with Gasteiger partial charge < -0.3 is 10.1 Å². The number of nitrogens with zero attached hydrogens (tertiary/aromatic N) is 1. The Labute approximate surface area is 145 Å². The summed E-state index contributed by atoms with van der Waals surface area (Å²) in [5.74, 6) is -0.319. The first-order chi connectivity index (χ1) is 11.6. The third-order valence-electron chi connectivity index (χ3n) is 4.07. The molecule has 0 fully saturated rings. The van der Waals surface area contributed by atoms with Gasteiger partial charge in [0, 0.05) is 6.54 Å². The number of methoxy groups -OCH3 is 1. The van der Waals surface area contributed by atoms with Gasteiger partial charge >= 0.3 is 6.09 Å². The number of carbonyl (C=O) groups is 2. The number of benzene rings is 2. The molecular weight excluding hydrogens is 328 g/mol. The Balaban J connectivity index is 1.96. The van der Waals surface area contributed by atoms with E-state index < -0.39 is 12.1 Å². The smallest absolute Gasteiger partial charge is 0.410 e. The van der Waals surface area contributed by atoms with Crippen molar-refractivity contribution in [2.24, 2.45) is 0 Å². The SMILES string of the molecule is COC(=O)N1CCc2ccccc2C1C(=O)Nc1ccccc1Cl. The van der Waals surface area contributed by atoms with Gasteiger partial charge in [0.1, 0.15) is 6.04 Å². The van der Waals surface area contributed by atoms with Gasteiger partial charge in [0.05, 0.1) is 17.8 Å². The number of anilines is 1. The second-order valence-electron chi connectivity index (χ2n) is 5.48. The Hall–Kier alpha value is -2.53. The molecule has 0 saturated heterocycles. The van der Waals surface area contributed by atoms with Crippen LogP contribution in [0.3, 0.4) is 0 Å². The lowest BCUT2D eigenvalue weighted by Gasteiger charge is -2.35. The van der Waals surface area contributed by atoms with Crippen molar-refractivity contribution in [1.82, 2.24) is 4.90 Å². The average Bonchev–Trinajstić information content (AvgIpc) is 2.61.